The molecule has 1 amide bonds. The minimum absolute atomic E-state index is 0.239. The Morgan fingerprint density at radius 3 is 2.41 bits per heavy atom. The van der Waals surface area contributed by atoms with Crippen molar-refractivity contribution in [3.05, 3.63) is 15.8 Å². The van der Waals surface area contributed by atoms with Crippen LogP contribution in [0.3, 0.4) is 0 Å². The molecule has 0 saturated carbocycles. The van der Waals surface area contributed by atoms with E-state index >= 15 is 0 Å². The fraction of sp³-hybridized carbons (Fsp3) is 0.556. The Morgan fingerprint density at radius 2 is 1.90 bits per heavy atom. The van der Waals surface area contributed by atoms with Gasteiger partial charge in [0.15, 0.2) is 0 Å². The quantitative estimate of drug-likeness (QED) is 0.165. The van der Waals surface area contributed by atoms with Gasteiger partial charge in [-0.1, -0.05) is 0 Å². The Balaban J connectivity index is 2.02. The van der Waals surface area contributed by atoms with E-state index in [2.05, 4.69) is 18.1 Å². The molecule has 1 aliphatic heterocycles. The predicted molar refractivity (Wildman–Crippen MR) is 95.1 cm³/mol. The first-order valence-electron chi connectivity index (χ1n) is 7.35. The summed E-state index contributed by atoms with van der Waals surface area (Å²) in [4.78, 5) is 60.7. The second kappa shape index (κ2) is 9.44. The summed E-state index contributed by atoms with van der Waals surface area (Å²) in [6.45, 7) is -0.886. The Labute approximate surface area is 166 Å². The number of rotatable bonds is 9. The summed E-state index contributed by atoms with van der Waals surface area (Å²) in [7, 11) is -14.7. The third kappa shape index (κ3) is 6.58. The monoisotopic (exact) mass is 506 g/mol. The molecule has 170 valence electrons. The summed E-state index contributed by atoms with van der Waals surface area (Å²) in [6.07, 6.45) is -6.27. The van der Waals surface area contributed by atoms with E-state index in [1.807, 2.05) is 0 Å². The molecule has 2 heterocycles. The minimum atomic E-state index is -5.42. The van der Waals surface area contributed by atoms with Crippen LogP contribution >= 0.6 is 35.9 Å². The van der Waals surface area contributed by atoms with Crippen LogP contribution in [-0.4, -0.2) is 70.5 Å². The number of nitrogens with zero attached hydrogens (tertiary/aromatic N) is 1. The van der Waals surface area contributed by atoms with Gasteiger partial charge in [-0.05, 0) is 0 Å². The van der Waals surface area contributed by atoms with Crippen molar-refractivity contribution >= 4 is 41.8 Å². The third-order valence-electron chi connectivity index (χ3n) is 3.36. The molecule has 1 unspecified atom stereocenters. The van der Waals surface area contributed by atoms with Gasteiger partial charge in [0, 0.05) is 0 Å². The Bertz CT molecular complexity index is 781. The van der Waals surface area contributed by atoms with Gasteiger partial charge in [-0.3, -0.25) is 0 Å². The van der Waals surface area contributed by atoms with E-state index < -0.39 is 72.4 Å². The molecule has 1 aromatic rings. The summed E-state index contributed by atoms with van der Waals surface area (Å²) >= 11 is 0.327. The molecule has 2 rings (SSSR count). The van der Waals surface area contributed by atoms with Gasteiger partial charge in [-0.25, -0.2) is 0 Å². The van der Waals surface area contributed by atoms with Crippen LogP contribution in [0.2, 0.25) is 0 Å². The standard InChI is InChI=1S/C9H18FN2O13P3S/c10-7-3(8(11)15)12-9(29-7)6-5(14)4(13)2(23-6)1-22-27(18,19)25-28(20,21)24-26(16)17/h2,4-6,13-14,18-21,26-28H,1H2,(H2,11,15)(H,16,17)/t2-,4-,5-,6-/m1/s1. The van der Waals surface area contributed by atoms with Crippen molar-refractivity contribution in [2.45, 2.75) is 24.4 Å². The van der Waals surface area contributed by atoms with Crippen LogP contribution < -0.4 is 5.73 Å². The van der Waals surface area contributed by atoms with Crippen LogP contribution in [0, 0.1) is 5.13 Å². The van der Waals surface area contributed by atoms with Crippen molar-refractivity contribution in [3.63, 3.8) is 0 Å². The Hall–Kier alpha value is -0.320. The zero-order chi connectivity index (χ0) is 22.1. The molecule has 0 aromatic carbocycles. The molecule has 1 saturated heterocycles. The SMILES string of the molecule is NC(=O)c1nc([C@@H]2O[C@H](CO[PH](O)(O)O[PH](O)(O)O[PH](=O)O)[C@@H](O)[C@H]2O)sc1F. The van der Waals surface area contributed by atoms with E-state index in [4.69, 9.17) is 15.4 Å². The zero-order valence-corrected chi connectivity index (χ0v) is 17.7. The maximum atomic E-state index is 13.6. The number of aromatic nitrogens is 1. The summed E-state index contributed by atoms with van der Waals surface area (Å²) < 4.78 is 41.6. The molecule has 15 nitrogen and oxygen atoms in total. The van der Waals surface area contributed by atoms with E-state index in [0.29, 0.717) is 11.3 Å². The molecule has 5 atom stereocenters. The van der Waals surface area contributed by atoms with Crippen molar-refractivity contribution in [1.29, 1.82) is 0 Å². The number of ether oxygens (including phenoxy) is 1. The number of halogens is 1. The zero-order valence-electron chi connectivity index (χ0n) is 13.9. The Morgan fingerprint density at radius 1 is 1.28 bits per heavy atom. The number of hydrogen-bond acceptors (Lipinski definition) is 14. The summed E-state index contributed by atoms with van der Waals surface area (Å²) in [5, 5.41) is 18.7. The molecule has 0 spiro atoms. The fourth-order valence-electron chi connectivity index (χ4n) is 2.21. The first-order chi connectivity index (χ1) is 13.2. The van der Waals surface area contributed by atoms with Crippen molar-refractivity contribution < 1.29 is 66.3 Å². The second-order valence-corrected chi connectivity index (χ2v) is 11.1. The summed E-state index contributed by atoms with van der Waals surface area (Å²) in [5.74, 6) is -1.17. The molecular weight excluding hydrogens is 488 g/mol. The number of nitrogens with two attached hydrogens (primary N) is 1. The van der Waals surface area contributed by atoms with Crippen LogP contribution in [0.25, 0.3) is 0 Å². The van der Waals surface area contributed by atoms with E-state index in [0.717, 1.165) is 0 Å². The number of amides is 1. The number of aliphatic hydroxyl groups excluding tert-OH is 2. The average molecular weight is 506 g/mol. The molecule has 29 heavy (non-hydrogen) atoms. The molecule has 0 bridgehead atoms. The van der Waals surface area contributed by atoms with E-state index in [-0.39, 0.29) is 5.01 Å². The number of aliphatic hydroxyl groups is 2. The first kappa shape index (κ1) is 24.9. The van der Waals surface area contributed by atoms with Gasteiger partial charge in [0.05, 0.1) is 0 Å². The molecule has 0 aliphatic carbocycles. The van der Waals surface area contributed by atoms with Crippen LogP contribution in [0.1, 0.15) is 21.6 Å². The van der Waals surface area contributed by atoms with Gasteiger partial charge in [0.25, 0.3) is 0 Å². The van der Waals surface area contributed by atoms with Crippen molar-refractivity contribution in [1.82, 2.24) is 4.98 Å². The van der Waals surface area contributed by atoms with Crippen LogP contribution in [-0.2, 0) is 22.4 Å². The van der Waals surface area contributed by atoms with Crippen LogP contribution in [0.4, 0.5) is 4.39 Å². The fourth-order valence-corrected chi connectivity index (χ4v) is 6.54. The van der Waals surface area contributed by atoms with Gasteiger partial charge in [-0.15, -0.1) is 0 Å². The number of thiazole rings is 1. The van der Waals surface area contributed by atoms with Gasteiger partial charge in [0.1, 0.15) is 0 Å². The third-order valence-corrected chi connectivity index (χ3v) is 8.70. The molecule has 9 N–H and O–H groups in total. The van der Waals surface area contributed by atoms with Crippen molar-refractivity contribution in [2.75, 3.05) is 6.61 Å². The predicted octanol–water partition coefficient (Wildman–Crippen LogP) is -2.24. The van der Waals surface area contributed by atoms with E-state index in [1.54, 1.807) is 0 Å². The Kier molecular flexibility index (Phi) is 8.12. The molecule has 20 heteroatoms. The molecule has 1 fully saturated rings. The summed E-state index contributed by atoms with van der Waals surface area (Å²) in [6, 6.07) is 0. The average Bonchev–Trinajstić information content (AvgIpc) is 3.05. The van der Waals surface area contributed by atoms with Gasteiger partial charge >= 0.3 is 166 Å². The maximum absolute atomic E-state index is 13.6. The van der Waals surface area contributed by atoms with E-state index in [1.165, 1.54) is 0 Å². The first-order valence-corrected chi connectivity index (χ1v) is 12.9. The van der Waals surface area contributed by atoms with Gasteiger partial charge in [0.2, 0.25) is 0 Å². The summed E-state index contributed by atoms with van der Waals surface area (Å²) in [5.41, 5.74) is 4.24. The number of primary amides is 1. The normalized spacial score (nSPS) is 27.7. The topological polar surface area (TPSA) is 252 Å². The molecule has 1 aromatic heterocycles. The van der Waals surface area contributed by atoms with Crippen LogP contribution in [0.5, 0.6) is 0 Å². The van der Waals surface area contributed by atoms with Crippen LogP contribution in [0.15, 0.2) is 0 Å². The number of carbonyl (C=O) groups excluding carboxylic acids is 1. The molecular formula is C9H18FN2O13P3S. The van der Waals surface area contributed by atoms with Gasteiger partial charge < -0.3 is 0 Å². The second-order valence-electron chi connectivity index (χ2n) is 5.49. The molecule has 0 radical (unpaired) electrons. The van der Waals surface area contributed by atoms with Crippen molar-refractivity contribution in [3.8, 4) is 0 Å². The number of carbonyl (C=O) groups is 1. The van der Waals surface area contributed by atoms with Gasteiger partial charge in [-0.2, -0.15) is 0 Å². The molecule has 1 aliphatic rings. The van der Waals surface area contributed by atoms with Crippen molar-refractivity contribution in [2.24, 2.45) is 5.73 Å². The number of hydrogen-bond donors (Lipinski definition) is 8. The van der Waals surface area contributed by atoms with E-state index in [9.17, 15) is 43.5 Å².